The van der Waals surface area contributed by atoms with Crippen LogP contribution in [0.15, 0.2) is 24.4 Å². The number of alkyl halides is 3. The van der Waals surface area contributed by atoms with Crippen molar-refractivity contribution < 1.29 is 22.4 Å². The first-order valence-electron chi connectivity index (χ1n) is 5.13. The van der Waals surface area contributed by atoms with Gasteiger partial charge in [-0.3, -0.25) is 4.79 Å². The topological polar surface area (TPSA) is 30.0 Å². The number of thiazole rings is 1. The molecule has 19 heavy (non-hydrogen) atoms. The molecule has 2 nitrogen and oxygen atoms in total. The zero-order valence-corrected chi connectivity index (χ0v) is 10.4. The Morgan fingerprint density at radius 1 is 1.32 bits per heavy atom. The molecule has 0 saturated heterocycles. The number of halogens is 4. The zero-order valence-electron chi connectivity index (χ0n) is 9.58. The van der Waals surface area contributed by atoms with Crippen molar-refractivity contribution in [2.75, 3.05) is 0 Å². The van der Waals surface area contributed by atoms with Crippen LogP contribution in [0, 0.1) is 5.82 Å². The number of ketones is 1. The minimum atomic E-state index is -4.56. The van der Waals surface area contributed by atoms with Crippen molar-refractivity contribution in [2.45, 2.75) is 13.1 Å². The molecular weight excluding hydrogens is 282 g/mol. The Hall–Kier alpha value is -1.76. The van der Waals surface area contributed by atoms with Crippen LogP contribution in [0.2, 0.25) is 0 Å². The first-order valence-corrected chi connectivity index (χ1v) is 5.94. The van der Waals surface area contributed by atoms with Crippen LogP contribution in [-0.4, -0.2) is 10.8 Å². The number of rotatable bonds is 2. The lowest BCUT2D eigenvalue weighted by atomic mass is 10.1. The maximum Gasteiger partial charge on any atom is 0.443 e. The molecule has 0 aliphatic rings. The van der Waals surface area contributed by atoms with Crippen molar-refractivity contribution in [3.63, 3.8) is 0 Å². The van der Waals surface area contributed by atoms with Crippen molar-refractivity contribution in [3.8, 4) is 10.4 Å². The SMILES string of the molecule is CC(=O)c1ccc(F)c(-c2cnc(C(F)(F)F)s2)c1. The van der Waals surface area contributed by atoms with E-state index in [1.54, 1.807) is 0 Å². The van der Waals surface area contributed by atoms with Crippen LogP contribution < -0.4 is 0 Å². The number of carbonyl (C=O) groups excluding carboxylic acids is 1. The fourth-order valence-electron chi connectivity index (χ4n) is 1.46. The second kappa shape index (κ2) is 4.73. The fraction of sp³-hybridized carbons (Fsp3) is 0.167. The molecule has 0 N–H and O–H groups in total. The summed E-state index contributed by atoms with van der Waals surface area (Å²) in [6.45, 7) is 1.30. The summed E-state index contributed by atoms with van der Waals surface area (Å²) in [6, 6.07) is 3.57. The van der Waals surface area contributed by atoms with Gasteiger partial charge in [-0.15, -0.1) is 11.3 Å². The molecule has 2 rings (SSSR count). The summed E-state index contributed by atoms with van der Waals surface area (Å²) in [5.74, 6) is -0.982. The summed E-state index contributed by atoms with van der Waals surface area (Å²) < 4.78 is 50.9. The average Bonchev–Trinajstić information content (AvgIpc) is 2.78. The minimum Gasteiger partial charge on any atom is -0.295 e. The maximum atomic E-state index is 13.6. The van der Waals surface area contributed by atoms with E-state index in [2.05, 4.69) is 4.98 Å². The highest BCUT2D eigenvalue weighted by Gasteiger charge is 2.34. The Morgan fingerprint density at radius 2 is 2.00 bits per heavy atom. The molecule has 1 aromatic heterocycles. The van der Waals surface area contributed by atoms with Gasteiger partial charge in [-0.2, -0.15) is 13.2 Å². The van der Waals surface area contributed by atoms with Gasteiger partial charge in [0.1, 0.15) is 5.82 Å². The molecular formula is C12H7F4NOS. The Kier molecular flexibility index (Phi) is 3.40. The number of benzene rings is 1. The Balaban J connectivity index is 2.49. The molecule has 1 aromatic carbocycles. The molecule has 0 aliphatic heterocycles. The number of aromatic nitrogens is 1. The van der Waals surface area contributed by atoms with Crippen LogP contribution in [0.5, 0.6) is 0 Å². The van der Waals surface area contributed by atoms with Gasteiger partial charge >= 0.3 is 6.18 Å². The van der Waals surface area contributed by atoms with Gasteiger partial charge in [-0.05, 0) is 25.1 Å². The molecule has 0 amide bonds. The van der Waals surface area contributed by atoms with Crippen LogP contribution in [0.1, 0.15) is 22.3 Å². The predicted molar refractivity (Wildman–Crippen MR) is 62.5 cm³/mol. The second-order valence-electron chi connectivity index (χ2n) is 3.78. The van der Waals surface area contributed by atoms with E-state index >= 15 is 0 Å². The number of Topliss-reactive ketones (excluding diaryl/α,β-unsaturated/α-hetero) is 1. The van der Waals surface area contributed by atoms with E-state index in [9.17, 15) is 22.4 Å². The van der Waals surface area contributed by atoms with Crippen LogP contribution in [-0.2, 0) is 6.18 Å². The molecule has 0 saturated carbocycles. The third-order valence-corrected chi connectivity index (χ3v) is 3.46. The number of hydrogen-bond donors (Lipinski definition) is 0. The summed E-state index contributed by atoms with van der Waals surface area (Å²) in [6.07, 6.45) is -3.60. The maximum absolute atomic E-state index is 13.6. The summed E-state index contributed by atoms with van der Waals surface area (Å²) in [7, 11) is 0. The standard InChI is InChI=1S/C12H7F4NOS/c1-6(18)7-2-3-9(13)8(4-7)10-5-17-11(19-10)12(14,15)16/h2-5H,1H3. The lowest BCUT2D eigenvalue weighted by Crippen LogP contribution is -2.02. The molecule has 1 heterocycles. The van der Waals surface area contributed by atoms with Gasteiger partial charge in [0.15, 0.2) is 10.8 Å². The summed E-state index contributed by atoms with van der Waals surface area (Å²) >= 11 is 0.340. The van der Waals surface area contributed by atoms with Crippen LogP contribution in [0.4, 0.5) is 17.6 Å². The van der Waals surface area contributed by atoms with E-state index in [4.69, 9.17) is 0 Å². The summed E-state index contributed by atoms with van der Waals surface area (Å²) in [5.41, 5.74) is 0.180. The number of hydrogen-bond acceptors (Lipinski definition) is 3. The molecule has 7 heteroatoms. The summed E-state index contributed by atoms with van der Waals surface area (Å²) in [4.78, 5) is 14.4. The average molecular weight is 289 g/mol. The quantitative estimate of drug-likeness (QED) is 0.613. The molecule has 0 atom stereocenters. The molecule has 0 fully saturated rings. The third-order valence-electron chi connectivity index (χ3n) is 2.39. The highest BCUT2D eigenvalue weighted by Crippen LogP contribution is 2.37. The highest BCUT2D eigenvalue weighted by molar-refractivity contribution is 7.15. The number of carbonyl (C=O) groups is 1. The second-order valence-corrected chi connectivity index (χ2v) is 4.81. The van der Waals surface area contributed by atoms with E-state index in [-0.39, 0.29) is 21.8 Å². The van der Waals surface area contributed by atoms with Crippen molar-refractivity contribution >= 4 is 17.1 Å². The van der Waals surface area contributed by atoms with Gasteiger partial charge in [0.05, 0.1) is 4.88 Å². The van der Waals surface area contributed by atoms with E-state index in [1.165, 1.54) is 19.1 Å². The fourth-order valence-corrected chi connectivity index (χ4v) is 2.26. The van der Waals surface area contributed by atoms with Crippen LogP contribution in [0.3, 0.4) is 0 Å². The molecule has 0 aliphatic carbocycles. The molecule has 0 bridgehead atoms. The van der Waals surface area contributed by atoms with Gasteiger partial charge in [-0.1, -0.05) is 0 Å². The third kappa shape index (κ3) is 2.81. The molecule has 100 valence electrons. The van der Waals surface area contributed by atoms with Gasteiger partial charge in [0, 0.05) is 17.3 Å². The number of nitrogens with zero attached hydrogens (tertiary/aromatic N) is 1. The Labute approximate surface area is 109 Å². The van der Waals surface area contributed by atoms with Gasteiger partial charge in [0.25, 0.3) is 0 Å². The minimum absolute atomic E-state index is 0.0351. The normalized spacial score (nSPS) is 11.6. The monoisotopic (exact) mass is 289 g/mol. The van der Waals surface area contributed by atoms with E-state index < -0.39 is 17.0 Å². The lowest BCUT2D eigenvalue weighted by molar-refractivity contribution is -0.137. The van der Waals surface area contributed by atoms with Crippen molar-refractivity contribution in [2.24, 2.45) is 0 Å². The van der Waals surface area contributed by atoms with Crippen molar-refractivity contribution in [1.29, 1.82) is 0 Å². The van der Waals surface area contributed by atoms with Crippen molar-refractivity contribution in [1.82, 2.24) is 4.98 Å². The Bertz CT molecular complexity index is 633. The van der Waals surface area contributed by atoms with Gasteiger partial charge in [-0.25, -0.2) is 9.37 Å². The van der Waals surface area contributed by atoms with Crippen molar-refractivity contribution in [3.05, 3.63) is 40.8 Å². The largest absolute Gasteiger partial charge is 0.443 e. The predicted octanol–water partition coefficient (Wildman–Crippen LogP) is 4.17. The lowest BCUT2D eigenvalue weighted by Gasteiger charge is -2.02. The Morgan fingerprint density at radius 3 is 2.53 bits per heavy atom. The van der Waals surface area contributed by atoms with E-state index in [0.717, 1.165) is 12.3 Å². The molecule has 0 radical (unpaired) electrons. The van der Waals surface area contributed by atoms with Crippen LogP contribution >= 0.6 is 11.3 Å². The molecule has 2 aromatic rings. The smallest absolute Gasteiger partial charge is 0.295 e. The summed E-state index contributed by atoms with van der Waals surface area (Å²) in [5, 5.41) is -1.05. The molecule has 0 spiro atoms. The van der Waals surface area contributed by atoms with Gasteiger partial charge in [0.2, 0.25) is 0 Å². The van der Waals surface area contributed by atoms with E-state index in [1.807, 2.05) is 0 Å². The zero-order chi connectivity index (χ0) is 14.2. The molecule has 0 unspecified atom stereocenters. The first kappa shape index (κ1) is 13.7. The van der Waals surface area contributed by atoms with E-state index in [0.29, 0.717) is 11.3 Å². The highest BCUT2D eigenvalue weighted by atomic mass is 32.1. The van der Waals surface area contributed by atoms with Crippen LogP contribution in [0.25, 0.3) is 10.4 Å². The van der Waals surface area contributed by atoms with Gasteiger partial charge < -0.3 is 0 Å². The first-order chi connectivity index (χ1) is 8.79.